The minimum absolute atomic E-state index is 0.272. The molecule has 1 unspecified atom stereocenters. The van der Waals surface area contributed by atoms with Gasteiger partial charge in [-0.3, -0.25) is 0 Å². The first-order valence-corrected chi connectivity index (χ1v) is 10.1. The predicted molar refractivity (Wildman–Crippen MR) is 117 cm³/mol. The van der Waals surface area contributed by atoms with E-state index in [1.165, 1.54) is 0 Å². The Morgan fingerprint density at radius 2 is 2.00 bits per heavy atom. The van der Waals surface area contributed by atoms with Crippen molar-refractivity contribution in [1.82, 2.24) is 10.2 Å². The van der Waals surface area contributed by atoms with E-state index in [4.69, 9.17) is 16.3 Å². The third kappa shape index (κ3) is 4.17. The van der Waals surface area contributed by atoms with Crippen LogP contribution in [0.4, 0.5) is 11.6 Å². The molecule has 7 nitrogen and oxygen atoms in total. The number of hydrogen-bond acceptors (Lipinski definition) is 7. The van der Waals surface area contributed by atoms with Gasteiger partial charge in [-0.2, -0.15) is 5.26 Å². The summed E-state index contributed by atoms with van der Waals surface area (Å²) in [5.74, 6) is 1.28. The van der Waals surface area contributed by atoms with Crippen molar-refractivity contribution in [2.24, 2.45) is 0 Å². The average molecular weight is 424 g/mol. The fourth-order valence-corrected chi connectivity index (χ4v) is 3.90. The molecule has 1 atom stereocenters. The molecular formula is C22H22ClN5O2. The smallest absolute Gasteiger partial charge is 0.159 e. The normalized spacial score (nSPS) is 15.7. The molecule has 30 heavy (non-hydrogen) atoms. The van der Waals surface area contributed by atoms with Gasteiger partial charge in [0.2, 0.25) is 0 Å². The van der Waals surface area contributed by atoms with Crippen LogP contribution in [-0.4, -0.2) is 41.6 Å². The third-order valence-electron chi connectivity index (χ3n) is 5.31. The number of halogens is 1. The number of fused-ring (bicyclic) bond motifs is 1. The third-order valence-corrected chi connectivity index (χ3v) is 5.54. The number of nitrogens with zero attached hydrogens (tertiary/aromatic N) is 4. The number of aliphatic hydroxyl groups is 1. The zero-order valence-electron chi connectivity index (χ0n) is 16.5. The Bertz CT molecular complexity index is 1090. The van der Waals surface area contributed by atoms with Gasteiger partial charge in [0.05, 0.1) is 17.7 Å². The van der Waals surface area contributed by atoms with E-state index in [1.54, 1.807) is 25.3 Å². The van der Waals surface area contributed by atoms with Gasteiger partial charge in [0.15, 0.2) is 17.9 Å². The summed E-state index contributed by atoms with van der Waals surface area (Å²) in [5.41, 5.74) is 1.39. The Kier molecular flexibility index (Phi) is 6.00. The van der Waals surface area contributed by atoms with Crippen molar-refractivity contribution < 1.29 is 9.84 Å². The number of benzene rings is 2. The molecule has 4 rings (SSSR count). The van der Waals surface area contributed by atoms with E-state index < -0.39 is 6.23 Å². The van der Waals surface area contributed by atoms with E-state index in [2.05, 4.69) is 26.5 Å². The first-order valence-electron chi connectivity index (χ1n) is 9.77. The van der Waals surface area contributed by atoms with Gasteiger partial charge in [0.1, 0.15) is 0 Å². The molecule has 3 aromatic rings. The van der Waals surface area contributed by atoms with Crippen molar-refractivity contribution in [1.29, 1.82) is 5.26 Å². The molecule has 0 aliphatic carbocycles. The number of aromatic nitrogens is 2. The van der Waals surface area contributed by atoms with Crippen molar-refractivity contribution >= 4 is 34.0 Å². The minimum atomic E-state index is -0.483. The number of rotatable bonds is 5. The van der Waals surface area contributed by atoms with Crippen LogP contribution in [0.1, 0.15) is 30.2 Å². The zero-order valence-corrected chi connectivity index (χ0v) is 17.3. The quantitative estimate of drug-likeness (QED) is 0.601. The maximum absolute atomic E-state index is 9.82. The van der Waals surface area contributed by atoms with E-state index in [1.807, 2.05) is 24.3 Å². The molecule has 0 spiro atoms. The van der Waals surface area contributed by atoms with Crippen LogP contribution in [0.25, 0.3) is 10.8 Å². The lowest BCUT2D eigenvalue weighted by atomic mass is 10.1. The van der Waals surface area contributed by atoms with Crippen molar-refractivity contribution in [3.63, 3.8) is 0 Å². The summed E-state index contributed by atoms with van der Waals surface area (Å²) in [6, 6.07) is 15.1. The zero-order chi connectivity index (χ0) is 21.1. The molecule has 1 aliphatic heterocycles. The van der Waals surface area contributed by atoms with Gasteiger partial charge >= 0.3 is 0 Å². The van der Waals surface area contributed by atoms with Crippen LogP contribution < -0.4 is 10.2 Å². The molecule has 2 aromatic carbocycles. The van der Waals surface area contributed by atoms with Crippen molar-refractivity contribution in [2.45, 2.75) is 25.2 Å². The van der Waals surface area contributed by atoms with Gasteiger partial charge in [-0.15, -0.1) is 10.2 Å². The lowest BCUT2D eigenvalue weighted by Crippen LogP contribution is -2.36. The second-order valence-corrected chi connectivity index (χ2v) is 7.71. The molecule has 154 valence electrons. The molecule has 0 bridgehead atoms. The highest BCUT2D eigenvalue weighted by Gasteiger charge is 2.22. The van der Waals surface area contributed by atoms with E-state index in [-0.39, 0.29) is 6.10 Å². The summed E-state index contributed by atoms with van der Waals surface area (Å²) in [4.78, 5) is 2.13. The Hall–Kier alpha value is -2.92. The maximum Gasteiger partial charge on any atom is 0.159 e. The van der Waals surface area contributed by atoms with Crippen molar-refractivity contribution in [2.75, 3.05) is 30.4 Å². The van der Waals surface area contributed by atoms with Crippen LogP contribution in [0.2, 0.25) is 5.02 Å². The number of nitriles is 1. The Balaban J connectivity index is 1.74. The van der Waals surface area contributed by atoms with Crippen LogP contribution >= 0.6 is 11.6 Å². The summed E-state index contributed by atoms with van der Waals surface area (Å²) in [6.45, 7) is 1.42. The number of aliphatic hydroxyl groups excluding tert-OH is 1. The first-order chi connectivity index (χ1) is 14.6. The number of anilines is 2. The average Bonchev–Trinajstić information content (AvgIpc) is 2.77. The highest BCUT2D eigenvalue weighted by molar-refractivity contribution is 6.30. The molecule has 1 aromatic heterocycles. The summed E-state index contributed by atoms with van der Waals surface area (Å²) in [7, 11) is 1.60. The van der Waals surface area contributed by atoms with Crippen LogP contribution in [0.15, 0.2) is 42.5 Å². The lowest BCUT2D eigenvalue weighted by Gasteiger charge is -2.31. The van der Waals surface area contributed by atoms with E-state index in [0.29, 0.717) is 42.3 Å². The molecule has 1 saturated heterocycles. The molecule has 2 N–H and O–H groups in total. The number of methoxy groups -OCH3 is 1. The predicted octanol–water partition coefficient (Wildman–Crippen LogP) is 3.87. The number of nitrogens with one attached hydrogen (secondary N) is 1. The molecule has 8 heteroatoms. The Labute approximate surface area is 179 Å². The second-order valence-electron chi connectivity index (χ2n) is 7.28. The molecule has 1 fully saturated rings. The Morgan fingerprint density at radius 1 is 1.20 bits per heavy atom. The van der Waals surface area contributed by atoms with Crippen molar-refractivity contribution in [3.05, 3.63) is 58.6 Å². The number of hydrogen-bond donors (Lipinski definition) is 2. The minimum Gasteiger partial charge on any atom is -0.393 e. The summed E-state index contributed by atoms with van der Waals surface area (Å²) in [5, 5.41) is 33.7. The van der Waals surface area contributed by atoms with E-state index in [9.17, 15) is 10.4 Å². The largest absolute Gasteiger partial charge is 0.393 e. The van der Waals surface area contributed by atoms with Gasteiger partial charge in [-0.05, 0) is 43.2 Å². The van der Waals surface area contributed by atoms with Crippen LogP contribution in [0.5, 0.6) is 0 Å². The van der Waals surface area contributed by atoms with Gasteiger partial charge in [0.25, 0.3) is 0 Å². The van der Waals surface area contributed by atoms with E-state index in [0.717, 1.165) is 22.2 Å². The van der Waals surface area contributed by atoms with Crippen LogP contribution in [-0.2, 0) is 4.74 Å². The highest BCUT2D eigenvalue weighted by atomic mass is 35.5. The lowest BCUT2D eigenvalue weighted by molar-refractivity contribution is 0.126. The van der Waals surface area contributed by atoms with E-state index >= 15 is 0 Å². The summed E-state index contributed by atoms with van der Waals surface area (Å²) in [6.07, 6.45) is 0.634. The molecule has 0 saturated carbocycles. The first kappa shape index (κ1) is 20.4. The monoisotopic (exact) mass is 423 g/mol. The molecule has 0 radical (unpaired) electrons. The van der Waals surface area contributed by atoms with Crippen LogP contribution in [0, 0.1) is 11.3 Å². The van der Waals surface area contributed by atoms with Gasteiger partial charge in [0, 0.05) is 41.6 Å². The molecule has 0 amide bonds. The molecular weight excluding hydrogens is 402 g/mol. The molecule has 2 heterocycles. The van der Waals surface area contributed by atoms with Gasteiger partial charge in [-0.1, -0.05) is 23.7 Å². The fourth-order valence-electron chi connectivity index (χ4n) is 3.70. The Morgan fingerprint density at radius 3 is 2.70 bits per heavy atom. The van der Waals surface area contributed by atoms with Crippen molar-refractivity contribution in [3.8, 4) is 6.07 Å². The van der Waals surface area contributed by atoms with Crippen LogP contribution in [0.3, 0.4) is 0 Å². The molecule has 1 aliphatic rings. The fraction of sp³-hybridized carbons (Fsp3) is 0.318. The standard InChI is InChI=1S/C22H22ClN5O2/c1-30-22(15-3-2-4-16(23)12-15)25-20-19-11-14(13-24)5-6-18(19)21(27-26-20)28-9-7-17(29)8-10-28/h2-6,11-12,17,22,29H,7-10H2,1H3,(H,25,26). The summed E-state index contributed by atoms with van der Waals surface area (Å²) < 4.78 is 5.62. The SMILES string of the molecule is COC(Nc1nnc(N2CCC(O)CC2)c2ccc(C#N)cc12)c1cccc(Cl)c1. The topological polar surface area (TPSA) is 94.3 Å². The summed E-state index contributed by atoms with van der Waals surface area (Å²) >= 11 is 6.13. The number of piperidine rings is 1. The number of ether oxygens (including phenoxy) is 1. The van der Waals surface area contributed by atoms with Gasteiger partial charge < -0.3 is 20.1 Å². The van der Waals surface area contributed by atoms with Gasteiger partial charge in [-0.25, -0.2) is 0 Å². The highest BCUT2D eigenvalue weighted by Crippen LogP contribution is 2.33. The second kappa shape index (κ2) is 8.84. The maximum atomic E-state index is 9.82.